The average Bonchev–Trinajstić information content (AvgIpc) is 3.25. The number of oxazole rings is 1. The van der Waals surface area contributed by atoms with Crippen molar-refractivity contribution in [2.24, 2.45) is 12.0 Å². The van der Waals surface area contributed by atoms with E-state index in [9.17, 15) is 0 Å². The molecule has 8 nitrogen and oxygen atoms in total. The first-order valence-corrected chi connectivity index (χ1v) is 7.53. The Morgan fingerprint density at radius 1 is 1.21 bits per heavy atom. The highest BCUT2D eigenvalue weighted by molar-refractivity contribution is 5.79. The van der Waals surface area contributed by atoms with Gasteiger partial charge in [0.1, 0.15) is 12.0 Å². The van der Waals surface area contributed by atoms with E-state index < -0.39 is 0 Å². The quantitative estimate of drug-likeness (QED) is 0.543. The van der Waals surface area contributed by atoms with Gasteiger partial charge in [-0.05, 0) is 0 Å². The van der Waals surface area contributed by atoms with Gasteiger partial charge in [0.15, 0.2) is 23.9 Å². The molecule has 0 aliphatic heterocycles. The van der Waals surface area contributed by atoms with Crippen molar-refractivity contribution in [1.29, 1.82) is 0 Å². The lowest BCUT2D eigenvalue weighted by atomic mass is 10.1. The molecule has 0 unspecified atom stereocenters. The Hall–Kier alpha value is -3.16. The molecule has 2 aromatic heterocycles. The number of nitrogens with one attached hydrogen (secondary N) is 2. The summed E-state index contributed by atoms with van der Waals surface area (Å²) in [4.78, 5) is 8.48. The van der Waals surface area contributed by atoms with Crippen LogP contribution in [-0.4, -0.2) is 32.8 Å². The van der Waals surface area contributed by atoms with E-state index in [1.54, 1.807) is 13.4 Å². The number of hydrogen-bond acceptors (Lipinski definition) is 5. The van der Waals surface area contributed by atoms with Gasteiger partial charge in [-0.2, -0.15) is 0 Å². The van der Waals surface area contributed by atoms with E-state index >= 15 is 0 Å². The van der Waals surface area contributed by atoms with Crippen molar-refractivity contribution in [2.75, 3.05) is 7.05 Å². The predicted molar refractivity (Wildman–Crippen MR) is 90.0 cm³/mol. The zero-order chi connectivity index (χ0) is 16.8. The maximum Gasteiger partial charge on any atom is 0.191 e. The Kier molecular flexibility index (Phi) is 4.85. The van der Waals surface area contributed by atoms with Gasteiger partial charge < -0.3 is 19.6 Å². The molecular weight excluding hydrogens is 306 g/mol. The fourth-order valence-corrected chi connectivity index (χ4v) is 2.24. The maximum absolute atomic E-state index is 5.52. The van der Waals surface area contributed by atoms with E-state index in [1.807, 2.05) is 41.9 Å². The minimum absolute atomic E-state index is 0.499. The second-order valence-electron chi connectivity index (χ2n) is 5.13. The van der Waals surface area contributed by atoms with Crippen LogP contribution >= 0.6 is 0 Å². The lowest BCUT2D eigenvalue weighted by Gasteiger charge is -2.11. The van der Waals surface area contributed by atoms with Gasteiger partial charge in [0, 0.05) is 19.7 Å². The monoisotopic (exact) mass is 325 g/mol. The van der Waals surface area contributed by atoms with E-state index in [-0.39, 0.29) is 0 Å². The molecule has 0 radical (unpaired) electrons. The summed E-state index contributed by atoms with van der Waals surface area (Å²) in [5.41, 5.74) is 1.82. The third-order valence-electron chi connectivity index (χ3n) is 3.54. The fraction of sp³-hybridized carbons (Fsp3) is 0.250. The smallest absolute Gasteiger partial charge is 0.191 e. The van der Waals surface area contributed by atoms with Crippen LogP contribution < -0.4 is 10.6 Å². The molecule has 2 N–H and O–H groups in total. The van der Waals surface area contributed by atoms with E-state index in [2.05, 4.69) is 30.8 Å². The topological polar surface area (TPSA) is 93.2 Å². The lowest BCUT2D eigenvalue weighted by molar-refractivity contribution is 0.570. The second kappa shape index (κ2) is 7.40. The van der Waals surface area contributed by atoms with Crippen molar-refractivity contribution < 1.29 is 4.42 Å². The van der Waals surface area contributed by atoms with Gasteiger partial charge >= 0.3 is 0 Å². The van der Waals surface area contributed by atoms with Gasteiger partial charge in [0.25, 0.3) is 0 Å². The summed E-state index contributed by atoms with van der Waals surface area (Å²) in [6.07, 6.45) is 3.11. The first-order chi connectivity index (χ1) is 11.8. The summed E-state index contributed by atoms with van der Waals surface area (Å²) < 4.78 is 7.37. The number of aryl methyl sites for hydroxylation is 1. The summed E-state index contributed by atoms with van der Waals surface area (Å²) in [6.45, 7) is 1.03. The Morgan fingerprint density at radius 2 is 2.00 bits per heavy atom. The molecule has 8 heteroatoms. The molecule has 124 valence electrons. The molecule has 0 aliphatic rings. The minimum Gasteiger partial charge on any atom is -0.443 e. The van der Waals surface area contributed by atoms with Gasteiger partial charge in [0.05, 0.1) is 13.1 Å². The first-order valence-electron chi connectivity index (χ1n) is 7.53. The number of benzene rings is 1. The van der Waals surface area contributed by atoms with Crippen LogP contribution in [0.4, 0.5) is 0 Å². The minimum atomic E-state index is 0.499. The van der Waals surface area contributed by atoms with E-state index in [0.29, 0.717) is 19.0 Å². The molecule has 0 saturated heterocycles. The molecule has 1 aromatic carbocycles. The molecule has 0 amide bonds. The lowest BCUT2D eigenvalue weighted by Crippen LogP contribution is -2.37. The molecule has 24 heavy (non-hydrogen) atoms. The highest BCUT2D eigenvalue weighted by atomic mass is 16.3. The normalized spacial score (nSPS) is 11.5. The van der Waals surface area contributed by atoms with Gasteiger partial charge in [-0.25, -0.2) is 4.98 Å². The highest BCUT2D eigenvalue weighted by Gasteiger charge is 2.11. The van der Waals surface area contributed by atoms with Crippen molar-refractivity contribution in [1.82, 2.24) is 30.4 Å². The molecule has 3 rings (SSSR count). The summed E-state index contributed by atoms with van der Waals surface area (Å²) in [6, 6.07) is 9.89. The number of hydrogen-bond donors (Lipinski definition) is 2. The van der Waals surface area contributed by atoms with Crippen LogP contribution in [0.2, 0.25) is 0 Å². The Balaban J connectivity index is 1.61. The summed E-state index contributed by atoms with van der Waals surface area (Å²) >= 11 is 0. The summed E-state index contributed by atoms with van der Waals surface area (Å²) in [5, 5.41) is 14.3. The fourth-order valence-electron chi connectivity index (χ4n) is 2.24. The number of aliphatic imine (C=N–C) groups is 1. The van der Waals surface area contributed by atoms with Crippen LogP contribution in [0.25, 0.3) is 11.3 Å². The molecule has 0 atom stereocenters. The van der Waals surface area contributed by atoms with Crippen molar-refractivity contribution >= 4 is 5.96 Å². The number of guanidine groups is 1. The second-order valence-corrected chi connectivity index (χ2v) is 5.13. The SMILES string of the molecule is CN=C(NCc1ncoc1-c1ccccc1)NCc1nncn1C. The van der Waals surface area contributed by atoms with Crippen LogP contribution in [0, 0.1) is 0 Å². The zero-order valence-corrected chi connectivity index (χ0v) is 13.6. The standard InChI is InChI=1S/C16H19N7O/c1-17-16(19-9-14-22-21-10-23(14)2)18-8-13-15(24-11-20-13)12-6-4-3-5-7-12/h3-7,10-11H,8-9H2,1-2H3,(H2,17,18,19). The van der Waals surface area contributed by atoms with Crippen molar-refractivity contribution in [3.8, 4) is 11.3 Å². The van der Waals surface area contributed by atoms with Crippen molar-refractivity contribution in [3.05, 3.63) is 54.6 Å². The van der Waals surface area contributed by atoms with Crippen LogP contribution in [-0.2, 0) is 20.1 Å². The molecule has 0 aliphatic carbocycles. The molecule has 0 fully saturated rings. The van der Waals surface area contributed by atoms with Crippen molar-refractivity contribution in [3.63, 3.8) is 0 Å². The van der Waals surface area contributed by atoms with Crippen molar-refractivity contribution in [2.45, 2.75) is 13.1 Å². The predicted octanol–water partition coefficient (Wildman–Crippen LogP) is 1.34. The summed E-state index contributed by atoms with van der Waals surface area (Å²) in [5.74, 6) is 2.23. The number of aromatic nitrogens is 4. The summed E-state index contributed by atoms with van der Waals surface area (Å²) in [7, 11) is 3.61. The Bertz CT molecular complexity index is 807. The molecule has 3 aromatic rings. The highest BCUT2D eigenvalue weighted by Crippen LogP contribution is 2.22. The first kappa shape index (κ1) is 15.7. The third-order valence-corrected chi connectivity index (χ3v) is 3.54. The molecular formula is C16H19N7O. The van der Waals surface area contributed by atoms with Crippen LogP contribution in [0.15, 0.2) is 52.5 Å². The van der Waals surface area contributed by atoms with E-state index in [4.69, 9.17) is 4.42 Å². The largest absolute Gasteiger partial charge is 0.443 e. The Morgan fingerprint density at radius 3 is 2.71 bits per heavy atom. The van der Waals surface area contributed by atoms with Crippen LogP contribution in [0.1, 0.15) is 11.5 Å². The van der Waals surface area contributed by atoms with E-state index in [0.717, 1.165) is 22.8 Å². The zero-order valence-electron chi connectivity index (χ0n) is 13.6. The van der Waals surface area contributed by atoms with Crippen LogP contribution in [0.5, 0.6) is 0 Å². The van der Waals surface area contributed by atoms with Gasteiger partial charge in [-0.1, -0.05) is 30.3 Å². The molecule has 2 heterocycles. The Labute approximate surface area is 139 Å². The van der Waals surface area contributed by atoms with Gasteiger partial charge in [-0.15, -0.1) is 10.2 Å². The molecule has 0 saturated carbocycles. The van der Waals surface area contributed by atoms with Crippen LogP contribution in [0.3, 0.4) is 0 Å². The van der Waals surface area contributed by atoms with Gasteiger partial charge in [0.2, 0.25) is 0 Å². The maximum atomic E-state index is 5.52. The van der Waals surface area contributed by atoms with Gasteiger partial charge in [-0.3, -0.25) is 4.99 Å². The number of rotatable bonds is 5. The third kappa shape index (κ3) is 3.60. The molecule has 0 spiro atoms. The average molecular weight is 325 g/mol. The van der Waals surface area contributed by atoms with E-state index in [1.165, 1.54) is 6.39 Å². The number of nitrogens with zero attached hydrogens (tertiary/aromatic N) is 5. The molecule has 0 bridgehead atoms.